The number of carbonyl (C=O) groups excluding carboxylic acids is 1. The third kappa shape index (κ3) is 9.79. The van der Waals surface area contributed by atoms with Gasteiger partial charge in [0.15, 0.2) is 0 Å². The van der Waals surface area contributed by atoms with Crippen molar-refractivity contribution in [3.05, 3.63) is 0 Å². The van der Waals surface area contributed by atoms with E-state index in [0.29, 0.717) is 39.6 Å². The van der Waals surface area contributed by atoms with Gasteiger partial charge in [-0.2, -0.15) is 0 Å². The Morgan fingerprint density at radius 2 is 1.62 bits per heavy atom. The first-order valence-electron chi connectivity index (χ1n) is 7.98. The molecule has 124 valence electrons. The molecule has 1 N–H and O–H groups in total. The molecule has 1 saturated heterocycles. The highest BCUT2D eigenvalue weighted by Crippen LogP contribution is 2.06. The van der Waals surface area contributed by atoms with Gasteiger partial charge in [0, 0.05) is 6.61 Å². The second kappa shape index (κ2) is 13.0. The molecule has 0 aliphatic carbocycles. The number of unbranched alkanes of at least 4 members (excludes halogenated alkanes) is 1. The molecule has 1 heterocycles. The van der Waals surface area contributed by atoms with Gasteiger partial charge in [0.05, 0.1) is 33.0 Å². The molecule has 0 aromatic heterocycles. The minimum absolute atomic E-state index is 0.124. The van der Waals surface area contributed by atoms with Gasteiger partial charge in [-0.05, 0) is 25.8 Å². The summed E-state index contributed by atoms with van der Waals surface area (Å²) in [6.45, 7) is 6.82. The number of hydrogen-bond donors (Lipinski definition) is 1. The average Bonchev–Trinajstić information content (AvgIpc) is 3.02. The van der Waals surface area contributed by atoms with E-state index in [1.807, 2.05) is 0 Å². The van der Waals surface area contributed by atoms with Crippen LogP contribution in [0, 0.1) is 0 Å². The molecule has 1 aliphatic rings. The minimum Gasteiger partial charge on any atom is -0.462 e. The van der Waals surface area contributed by atoms with Crippen molar-refractivity contribution in [1.29, 1.82) is 0 Å². The Morgan fingerprint density at radius 1 is 1.00 bits per heavy atom. The van der Waals surface area contributed by atoms with Gasteiger partial charge in [0.1, 0.15) is 12.6 Å². The van der Waals surface area contributed by atoms with Gasteiger partial charge in [0.25, 0.3) is 0 Å². The van der Waals surface area contributed by atoms with E-state index in [0.717, 1.165) is 38.8 Å². The highest BCUT2D eigenvalue weighted by molar-refractivity contribution is 5.76. The normalized spacial score (nSPS) is 18.0. The van der Waals surface area contributed by atoms with E-state index in [1.54, 1.807) is 0 Å². The summed E-state index contributed by atoms with van der Waals surface area (Å²) in [6, 6.07) is -0.124. The first-order valence-corrected chi connectivity index (χ1v) is 7.98. The fourth-order valence-electron chi connectivity index (χ4n) is 1.98. The van der Waals surface area contributed by atoms with Crippen LogP contribution in [0.2, 0.25) is 0 Å². The van der Waals surface area contributed by atoms with Gasteiger partial charge in [-0.15, -0.1) is 0 Å². The molecule has 1 fully saturated rings. The molecule has 0 saturated carbocycles. The Labute approximate surface area is 127 Å². The fraction of sp³-hybridized carbons (Fsp3) is 0.933. The summed E-state index contributed by atoms with van der Waals surface area (Å²) in [5, 5.41) is 3.10. The Hall–Kier alpha value is -0.690. The van der Waals surface area contributed by atoms with Crippen LogP contribution in [0.4, 0.5) is 0 Å². The predicted molar refractivity (Wildman–Crippen MR) is 79.3 cm³/mol. The summed E-state index contributed by atoms with van der Waals surface area (Å²) >= 11 is 0. The lowest BCUT2D eigenvalue weighted by molar-refractivity contribution is -0.147. The van der Waals surface area contributed by atoms with Crippen molar-refractivity contribution in [1.82, 2.24) is 5.32 Å². The van der Waals surface area contributed by atoms with Crippen molar-refractivity contribution in [2.75, 3.05) is 52.8 Å². The Bertz CT molecular complexity index is 256. The van der Waals surface area contributed by atoms with Crippen molar-refractivity contribution in [3.63, 3.8) is 0 Å². The Kier molecular flexibility index (Phi) is 11.4. The smallest absolute Gasteiger partial charge is 0.323 e. The quantitative estimate of drug-likeness (QED) is 0.406. The van der Waals surface area contributed by atoms with Gasteiger partial charge < -0.3 is 24.3 Å². The zero-order chi connectivity index (χ0) is 15.2. The fourth-order valence-corrected chi connectivity index (χ4v) is 1.98. The standard InChI is InChI=1S/C15H29NO5/c1-2-3-7-18-8-9-19-10-11-20-12-13-21-15(17)14-5-4-6-16-14/h14,16H,2-13H2,1H3/t14-/m0/s1. The minimum atomic E-state index is -0.170. The molecule has 1 aliphatic heterocycles. The topological polar surface area (TPSA) is 66.0 Å². The average molecular weight is 303 g/mol. The predicted octanol–water partition coefficient (Wildman–Crippen LogP) is 1.13. The molecule has 0 unspecified atom stereocenters. The number of ether oxygens (including phenoxy) is 4. The van der Waals surface area contributed by atoms with E-state index in [9.17, 15) is 4.79 Å². The lowest BCUT2D eigenvalue weighted by Crippen LogP contribution is -2.33. The molecular formula is C15H29NO5. The van der Waals surface area contributed by atoms with E-state index >= 15 is 0 Å². The zero-order valence-electron chi connectivity index (χ0n) is 13.1. The molecule has 21 heavy (non-hydrogen) atoms. The lowest BCUT2D eigenvalue weighted by atomic mass is 10.2. The van der Waals surface area contributed by atoms with Crippen LogP contribution < -0.4 is 5.32 Å². The van der Waals surface area contributed by atoms with Gasteiger partial charge in [0.2, 0.25) is 0 Å². The van der Waals surface area contributed by atoms with E-state index in [4.69, 9.17) is 18.9 Å². The van der Waals surface area contributed by atoms with Crippen molar-refractivity contribution in [2.24, 2.45) is 0 Å². The van der Waals surface area contributed by atoms with Crippen LogP contribution in [0.5, 0.6) is 0 Å². The molecule has 0 spiro atoms. The van der Waals surface area contributed by atoms with Crippen LogP contribution in [0.1, 0.15) is 32.6 Å². The van der Waals surface area contributed by atoms with Crippen LogP contribution >= 0.6 is 0 Å². The number of nitrogens with one attached hydrogen (secondary N) is 1. The van der Waals surface area contributed by atoms with Crippen molar-refractivity contribution in [2.45, 2.75) is 38.6 Å². The summed E-state index contributed by atoms with van der Waals surface area (Å²) in [5.41, 5.74) is 0. The van der Waals surface area contributed by atoms with Gasteiger partial charge in [-0.1, -0.05) is 13.3 Å². The third-order valence-corrected chi connectivity index (χ3v) is 3.20. The molecule has 6 nitrogen and oxygen atoms in total. The van der Waals surface area contributed by atoms with Crippen molar-refractivity contribution < 1.29 is 23.7 Å². The van der Waals surface area contributed by atoms with Crippen LogP contribution in [0.3, 0.4) is 0 Å². The van der Waals surface area contributed by atoms with Gasteiger partial charge in [-0.25, -0.2) is 0 Å². The Morgan fingerprint density at radius 3 is 2.19 bits per heavy atom. The first-order chi connectivity index (χ1) is 10.3. The van der Waals surface area contributed by atoms with Crippen molar-refractivity contribution >= 4 is 5.97 Å². The number of esters is 1. The monoisotopic (exact) mass is 303 g/mol. The lowest BCUT2D eigenvalue weighted by Gasteiger charge is -2.10. The first kappa shape index (κ1) is 18.4. The molecule has 0 radical (unpaired) electrons. The van der Waals surface area contributed by atoms with Crippen LogP contribution in [-0.4, -0.2) is 64.8 Å². The van der Waals surface area contributed by atoms with Crippen LogP contribution in [0.15, 0.2) is 0 Å². The SMILES string of the molecule is CCCCOCCOCCOCCOC(=O)[C@@H]1CCCN1. The molecule has 0 aromatic carbocycles. The summed E-state index contributed by atoms with van der Waals surface area (Å²) < 4.78 is 21.2. The molecule has 6 heteroatoms. The molecule has 1 rings (SSSR count). The summed E-state index contributed by atoms with van der Waals surface area (Å²) in [6.07, 6.45) is 4.15. The number of hydrogen-bond acceptors (Lipinski definition) is 6. The maximum atomic E-state index is 11.5. The van der Waals surface area contributed by atoms with E-state index in [2.05, 4.69) is 12.2 Å². The molecule has 0 amide bonds. The zero-order valence-corrected chi connectivity index (χ0v) is 13.1. The number of rotatable bonds is 13. The molecule has 0 aromatic rings. The molecule has 0 bridgehead atoms. The molecule has 1 atom stereocenters. The van der Waals surface area contributed by atoms with E-state index < -0.39 is 0 Å². The van der Waals surface area contributed by atoms with E-state index in [1.165, 1.54) is 0 Å². The summed E-state index contributed by atoms with van der Waals surface area (Å²) in [4.78, 5) is 11.5. The van der Waals surface area contributed by atoms with Gasteiger partial charge >= 0.3 is 5.97 Å². The maximum Gasteiger partial charge on any atom is 0.323 e. The second-order valence-corrected chi connectivity index (χ2v) is 5.01. The molecular weight excluding hydrogens is 274 g/mol. The summed E-state index contributed by atoms with van der Waals surface area (Å²) in [5.74, 6) is -0.170. The largest absolute Gasteiger partial charge is 0.462 e. The highest BCUT2D eigenvalue weighted by Gasteiger charge is 2.22. The highest BCUT2D eigenvalue weighted by atomic mass is 16.6. The summed E-state index contributed by atoms with van der Waals surface area (Å²) in [7, 11) is 0. The Balaban J connectivity index is 1.75. The van der Waals surface area contributed by atoms with Crippen LogP contribution in [0.25, 0.3) is 0 Å². The van der Waals surface area contributed by atoms with Crippen LogP contribution in [-0.2, 0) is 23.7 Å². The maximum absolute atomic E-state index is 11.5. The van der Waals surface area contributed by atoms with Gasteiger partial charge in [-0.3, -0.25) is 4.79 Å². The third-order valence-electron chi connectivity index (χ3n) is 3.20. The second-order valence-electron chi connectivity index (χ2n) is 5.01. The number of carbonyl (C=O) groups is 1. The van der Waals surface area contributed by atoms with Crippen molar-refractivity contribution in [3.8, 4) is 0 Å². The van der Waals surface area contributed by atoms with E-state index in [-0.39, 0.29) is 12.0 Å².